The number of nitrogens with two attached hydrogens (primary N) is 1. The number of hydrogen-bond donors (Lipinski definition) is 6. The zero-order chi connectivity index (χ0) is 15.7. The van der Waals surface area contributed by atoms with Gasteiger partial charge in [-0.15, -0.1) is 0 Å². The Morgan fingerprint density at radius 3 is 2.20 bits per heavy atom. The third kappa shape index (κ3) is 7.59. The van der Waals surface area contributed by atoms with Crippen LogP contribution in [-0.2, 0) is 14.4 Å². The second-order valence-electron chi connectivity index (χ2n) is 3.89. The van der Waals surface area contributed by atoms with Crippen molar-refractivity contribution in [3.8, 4) is 0 Å². The first-order valence-electron chi connectivity index (χ1n) is 5.66. The van der Waals surface area contributed by atoms with Crippen molar-refractivity contribution in [2.75, 3.05) is 12.3 Å². The molecule has 0 saturated heterocycles. The number of hydrogen-bond acceptors (Lipinski definition) is 6. The molecule has 20 heavy (non-hydrogen) atoms. The van der Waals surface area contributed by atoms with Gasteiger partial charge in [0, 0.05) is 18.7 Å². The van der Waals surface area contributed by atoms with Crippen LogP contribution in [-0.4, -0.2) is 58.3 Å². The van der Waals surface area contributed by atoms with E-state index < -0.39 is 35.8 Å². The molecular weight excluding hydrogens is 290 g/mol. The number of amides is 2. The monoisotopic (exact) mass is 307 g/mol. The summed E-state index contributed by atoms with van der Waals surface area (Å²) in [5.74, 6) is -2.86. The van der Waals surface area contributed by atoms with Gasteiger partial charge in [0.1, 0.15) is 6.04 Å². The number of ketones is 1. The Balaban J connectivity index is 4.21. The van der Waals surface area contributed by atoms with Crippen molar-refractivity contribution >= 4 is 36.4 Å². The van der Waals surface area contributed by atoms with E-state index in [0.29, 0.717) is 0 Å². The van der Waals surface area contributed by atoms with Crippen LogP contribution in [0.4, 0.5) is 4.79 Å². The van der Waals surface area contributed by atoms with E-state index >= 15 is 0 Å². The number of urea groups is 1. The summed E-state index contributed by atoms with van der Waals surface area (Å²) in [7, 11) is 0. The zero-order valence-electron chi connectivity index (χ0n) is 10.5. The molecule has 0 fully saturated rings. The van der Waals surface area contributed by atoms with Gasteiger partial charge in [-0.05, 0) is 0 Å². The number of carboxylic acids is 2. The number of Topliss-reactive ketones (excluding diaryl/α,β-unsaturated/α-hetero) is 1. The highest BCUT2D eigenvalue weighted by Gasteiger charge is 2.20. The van der Waals surface area contributed by atoms with Gasteiger partial charge in [0.2, 0.25) is 0 Å². The van der Waals surface area contributed by atoms with Gasteiger partial charge in [0.25, 0.3) is 0 Å². The third-order valence-electron chi connectivity index (χ3n) is 2.26. The average Bonchev–Trinajstić information content (AvgIpc) is 2.38. The average molecular weight is 307 g/mol. The summed E-state index contributed by atoms with van der Waals surface area (Å²) < 4.78 is 0. The summed E-state index contributed by atoms with van der Waals surface area (Å²) >= 11 is 3.89. The topological polar surface area (TPSA) is 159 Å². The second-order valence-corrected chi connectivity index (χ2v) is 4.26. The van der Waals surface area contributed by atoms with Crippen molar-refractivity contribution < 1.29 is 29.4 Å². The van der Waals surface area contributed by atoms with Gasteiger partial charge in [-0.1, -0.05) is 0 Å². The standard InChI is InChI=1S/C10H17N3O6S/c11-5(9(17)18)3-12-10(19)13-6(4-20)7(14)1-2-8(15)16/h5-6,20H,1-4,11H2,(H,15,16)(H,17,18)(H2,12,13,19)/t5-,6+/m1/s1. The molecule has 114 valence electrons. The van der Waals surface area contributed by atoms with Gasteiger partial charge in [-0.3, -0.25) is 14.4 Å². The van der Waals surface area contributed by atoms with Crippen molar-refractivity contribution in [3.05, 3.63) is 0 Å². The molecule has 0 aliphatic carbocycles. The Kier molecular flexibility index (Phi) is 8.32. The molecule has 0 spiro atoms. The highest BCUT2D eigenvalue weighted by atomic mass is 32.1. The van der Waals surface area contributed by atoms with Gasteiger partial charge in [0.05, 0.1) is 12.5 Å². The summed E-state index contributed by atoms with van der Waals surface area (Å²) in [4.78, 5) is 43.8. The number of carboxylic acid groups (broad SMARTS) is 2. The van der Waals surface area contributed by atoms with E-state index in [2.05, 4.69) is 23.3 Å². The zero-order valence-corrected chi connectivity index (χ0v) is 11.4. The number of carbonyl (C=O) groups excluding carboxylic acids is 2. The van der Waals surface area contributed by atoms with Gasteiger partial charge >= 0.3 is 18.0 Å². The predicted molar refractivity (Wildman–Crippen MR) is 71.7 cm³/mol. The molecule has 9 nitrogen and oxygen atoms in total. The molecule has 6 N–H and O–H groups in total. The molecule has 0 aromatic heterocycles. The third-order valence-corrected chi connectivity index (χ3v) is 2.63. The Morgan fingerprint density at radius 2 is 1.75 bits per heavy atom. The van der Waals surface area contributed by atoms with Crippen LogP contribution in [0, 0.1) is 0 Å². The number of nitrogens with one attached hydrogen (secondary N) is 2. The number of thiol groups is 1. The maximum Gasteiger partial charge on any atom is 0.322 e. The largest absolute Gasteiger partial charge is 0.481 e. The molecular formula is C10H17N3O6S. The van der Waals surface area contributed by atoms with Crippen LogP contribution < -0.4 is 16.4 Å². The minimum Gasteiger partial charge on any atom is -0.481 e. The first kappa shape index (κ1) is 18.2. The minimum atomic E-state index is -1.27. The molecule has 0 rings (SSSR count). The Hall–Kier alpha value is -1.81. The van der Waals surface area contributed by atoms with Crippen molar-refractivity contribution in [2.45, 2.75) is 24.9 Å². The van der Waals surface area contributed by atoms with E-state index in [9.17, 15) is 19.2 Å². The first-order valence-corrected chi connectivity index (χ1v) is 6.29. The molecule has 0 bridgehead atoms. The number of aliphatic carboxylic acids is 2. The highest BCUT2D eigenvalue weighted by molar-refractivity contribution is 7.80. The molecule has 0 heterocycles. The quantitative estimate of drug-likeness (QED) is 0.281. The van der Waals surface area contributed by atoms with Crippen molar-refractivity contribution in [1.29, 1.82) is 0 Å². The Morgan fingerprint density at radius 1 is 1.15 bits per heavy atom. The Bertz CT molecular complexity index is 389. The second kappa shape index (κ2) is 9.15. The van der Waals surface area contributed by atoms with E-state index in [-0.39, 0.29) is 25.1 Å². The lowest BCUT2D eigenvalue weighted by Gasteiger charge is -2.16. The van der Waals surface area contributed by atoms with Crippen LogP contribution in [0.1, 0.15) is 12.8 Å². The van der Waals surface area contributed by atoms with E-state index in [0.717, 1.165) is 0 Å². The van der Waals surface area contributed by atoms with E-state index in [1.54, 1.807) is 0 Å². The molecule has 0 saturated carbocycles. The lowest BCUT2D eigenvalue weighted by Crippen LogP contribution is -2.50. The SMILES string of the molecule is N[C@H](CNC(=O)N[C@@H](CS)C(=O)CCC(=O)O)C(=O)O. The van der Waals surface area contributed by atoms with E-state index in [1.165, 1.54) is 0 Å². The fourth-order valence-electron chi connectivity index (χ4n) is 1.13. The fourth-order valence-corrected chi connectivity index (χ4v) is 1.43. The summed E-state index contributed by atoms with van der Waals surface area (Å²) in [6.45, 7) is -0.302. The molecule has 0 aliphatic rings. The summed E-state index contributed by atoms with van der Waals surface area (Å²) in [5, 5.41) is 21.4. The Labute approximate surface area is 120 Å². The van der Waals surface area contributed by atoms with Gasteiger partial charge in [-0.2, -0.15) is 12.6 Å². The molecule has 0 aliphatic heterocycles. The molecule has 2 atom stereocenters. The van der Waals surface area contributed by atoms with Crippen LogP contribution in [0.15, 0.2) is 0 Å². The maximum atomic E-state index is 11.6. The van der Waals surface area contributed by atoms with Crippen LogP contribution >= 0.6 is 12.6 Å². The first-order chi connectivity index (χ1) is 9.27. The normalized spacial score (nSPS) is 13.1. The molecule has 10 heteroatoms. The van der Waals surface area contributed by atoms with Crippen LogP contribution in [0.5, 0.6) is 0 Å². The van der Waals surface area contributed by atoms with Crippen LogP contribution in [0.25, 0.3) is 0 Å². The number of carbonyl (C=O) groups is 4. The molecule has 0 aromatic carbocycles. The maximum absolute atomic E-state index is 11.6. The number of rotatable bonds is 9. The summed E-state index contributed by atoms with van der Waals surface area (Å²) in [6.07, 6.45) is -0.564. The lowest BCUT2D eigenvalue weighted by molar-refractivity contribution is -0.139. The van der Waals surface area contributed by atoms with Crippen LogP contribution in [0.2, 0.25) is 0 Å². The minimum absolute atomic E-state index is 0.00312. The van der Waals surface area contributed by atoms with E-state index in [4.69, 9.17) is 15.9 Å². The van der Waals surface area contributed by atoms with Crippen molar-refractivity contribution in [2.24, 2.45) is 5.73 Å². The molecule has 2 amide bonds. The van der Waals surface area contributed by atoms with Gasteiger partial charge in [0.15, 0.2) is 5.78 Å². The summed E-state index contributed by atoms with van der Waals surface area (Å²) in [5.41, 5.74) is 5.18. The van der Waals surface area contributed by atoms with Crippen molar-refractivity contribution in [1.82, 2.24) is 10.6 Å². The molecule has 0 aromatic rings. The van der Waals surface area contributed by atoms with Crippen LogP contribution in [0.3, 0.4) is 0 Å². The van der Waals surface area contributed by atoms with Crippen molar-refractivity contribution in [3.63, 3.8) is 0 Å². The van der Waals surface area contributed by atoms with Gasteiger partial charge in [-0.25, -0.2) is 4.79 Å². The molecule has 0 radical (unpaired) electrons. The highest BCUT2D eigenvalue weighted by Crippen LogP contribution is 1.99. The predicted octanol–water partition coefficient (Wildman–Crippen LogP) is -1.57. The lowest BCUT2D eigenvalue weighted by atomic mass is 10.1. The summed E-state index contributed by atoms with van der Waals surface area (Å²) in [6, 6.07) is -2.97. The molecule has 0 unspecified atom stereocenters. The fraction of sp³-hybridized carbons (Fsp3) is 0.600. The van der Waals surface area contributed by atoms with Gasteiger partial charge < -0.3 is 26.6 Å². The smallest absolute Gasteiger partial charge is 0.322 e. The van der Waals surface area contributed by atoms with E-state index in [1.807, 2.05) is 0 Å².